The number of hydrogen-bond acceptors (Lipinski definition) is 2. The number of hydrogen-bond donors (Lipinski definition) is 3. The largest absolute Gasteiger partial charge is 0.362 e. The molecule has 50 valence electrons. The van der Waals surface area contributed by atoms with Gasteiger partial charge in [0.2, 0.25) is 0 Å². The van der Waals surface area contributed by atoms with Crippen LogP contribution in [0.3, 0.4) is 0 Å². The van der Waals surface area contributed by atoms with E-state index in [2.05, 4.69) is 23.0 Å². The zero-order valence-corrected chi connectivity index (χ0v) is 7.13. The number of thiocarbonyl (C=S) groups is 1. The van der Waals surface area contributed by atoms with Crippen molar-refractivity contribution in [2.45, 2.75) is 6.92 Å². The topological polar surface area (TPSA) is 50.1 Å². The first-order valence-corrected chi connectivity index (χ1v) is 2.46. The predicted octanol–water partition coefficient (Wildman–Crippen LogP) is -0.0780. The monoisotopic (exact) mass is 199 g/mol. The van der Waals surface area contributed by atoms with E-state index in [1.807, 2.05) is 6.92 Å². The lowest BCUT2D eigenvalue weighted by Crippen LogP contribution is -2.39. The molecule has 0 aliphatic carbocycles. The molecule has 0 aromatic heterocycles. The Morgan fingerprint density at radius 1 is 1.75 bits per heavy atom. The van der Waals surface area contributed by atoms with Gasteiger partial charge in [0.1, 0.15) is 0 Å². The van der Waals surface area contributed by atoms with Gasteiger partial charge in [-0.15, -0.1) is 17.0 Å². The Bertz CT molecular complexity index is 67.5. The maximum Gasteiger partial charge on any atom is 0.180 e. The highest BCUT2D eigenvalue weighted by atomic mass is 79.9. The molecule has 3 nitrogen and oxygen atoms in total. The van der Waals surface area contributed by atoms with Gasteiger partial charge in [0.05, 0.1) is 0 Å². The van der Waals surface area contributed by atoms with E-state index < -0.39 is 0 Å². The standard InChI is InChI=1S/C3H9N3S.BrH/c1-2-5-3(7)6-4;/h2,4H2,1H3,(H2,5,6,7);1H. The van der Waals surface area contributed by atoms with Crippen molar-refractivity contribution in [3.8, 4) is 0 Å². The summed E-state index contributed by atoms with van der Waals surface area (Å²) < 4.78 is 0. The third-order valence-corrected chi connectivity index (χ3v) is 0.731. The minimum absolute atomic E-state index is 0. The third-order valence-electron chi connectivity index (χ3n) is 0.468. The Morgan fingerprint density at radius 3 is 2.38 bits per heavy atom. The van der Waals surface area contributed by atoms with Crippen LogP contribution in [0.25, 0.3) is 0 Å². The lowest BCUT2D eigenvalue weighted by molar-refractivity contribution is 0.901. The second-order valence-electron chi connectivity index (χ2n) is 1.00. The number of nitrogens with one attached hydrogen (secondary N) is 2. The zero-order valence-electron chi connectivity index (χ0n) is 4.60. The Balaban J connectivity index is 0. The van der Waals surface area contributed by atoms with Gasteiger partial charge >= 0.3 is 0 Å². The second-order valence-corrected chi connectivity index (χ2v) is 1.41. The first-order chi connectivity index (χ1) is 3.31. The minimum Gasteiger partial charge on any atom is -0.362 e. The average molecular weight is 200 g/mol. The summed E-state index contributed by atoms with van der Waals surface area (Å²) >= 11 is 4.61. The van der Waals surface area contributed by atoms with Gasteiger partial charge in [-0.25, -0.2) is 5.84 Å². The predicted molar refractivity (Wildman–Crippen MR) is 43.9 cm³/mol. The van der Waals surface area contributed by atoms with Crippen LogP contribution in [-0.4, -0.2) is 11.7 Å². The van der Waals surface area contributed by atoms with Crippen molar-refractivity contribution in [1.29, 1.82) is 0 Å². The van der Waals surface area contributed by atoms with E-state index in [1.165, 1.54) is 0 Å². The maximum atomic E-state index is 4.90. The summed E-state index contributed by atoms with van der Waals surface area (Å²) in [5.41, 5.74) is 2.29. The van der Waals surface area contributed by atoms with Crippen LogP contribution in [0.2, 0.25) is 0 Å². The number of rotatable bonds is 1. The van der Waals surface area contributed by atoms with Crippen molar-refractivity contribution in [2.24, 2.45) is 5.84 Å². The molecule has 0 saturated heterocycles. The summed E-state index contributed by atoms with van der Waals surface area (Å²) in [4.78, 5) is 0. The smallest absolute Gasteiger partial charge is 0.180 e. The van der Waals surface area contributed by atoms with E-state index in [0.29, 0.717) is 5.11 Å². The summed E-state index contributed by atoms with van der Waals surface area (Å²) in [6.07, 6.45) is 0. The SMILES string of the molecule is Br.CCNC(=S)NN. The normalized spacial score (nSPS) is 6.75. The van der Waals surface area contributed by atoms with E-state index in [0.717, 1.165) is 6.54 Å². The van der Waals surface area contributed by atoms with Gasteiger partial charge in [0, 0.05) is 6.54 Å². The molecule has 0 bridgehead atoms. The molecule has 0 aromatic rings. The highest BCUT2D eigenvalue weighted by Crippen LogP contribution is 1.56. The first kappa shape index (κ1) is 11.0. The summed E-state index contributed by atoms with van der Waals surface area (Å²) in [7, 11) is 0. The highest BCUT2D eigenvalue weighted by Gasteiger charge is 1.81. The molecule has 0 heterocycles. The first-order valence-electron chi connectivity index (χ1n) is 2.05. The Kier molecular flexibility index (Phi) is 9.80. The van der Waals surface area contributed by atoms with E-state index >= 15 is 0 Å². The molecule has 0 amide bonds. The molecule has 0 aliphatic heterocycles. The number of hydrazine groups is 1. The quantitative estimate of drug-likeness (QED) is 0.315. The lowest BCUT2D eigenvalue weighted by Gasteiger charge is -2.00. The van der Waals surface area contributed by atoms with Gasteiger partial charge in [-0.1, -0.05) is 0 Å². The molecule has 5 heteroatoms. The molecule has 4 N–H and O–H groups in total. The molecule has 0 fully saturated rings. The highest BCUT2D eigenvalue weighted by molar-refractivity contribution is 8.93. The molecule has 0 atom stereocenters. The Hall–Kier alpha value is 0.130. The molecule has 0 saturated carbocycles. The van der Waals surface area contributed by atoms with E-state index in [4.69, 9.17) is 5.84 Å². The van der Waals surface area contributed by atoms with Crippen LogP contribution in [0.4, 0.5) is 0 Å². The lowest BCUT2D eigenvalue weighted by atomic mass is 10.8. The van der Waals surface area contributed by atoms with Gasteiger partial charge in [-0.2, -0.15) is 0 Å². The van der Waals surface area contributed by atoms with Crippen LogP contribution in [0.15, 0.2) is 0 Å². The molecule has 0 spiro atoms. The molecule has 8 heavy (non-hydrogen) atoms. The van der Waals surface area contributed by atoms with E-state index in [9.17, 15) is 0 Å². The fourth-order valence-corrected chi connectivity index (χ4v) is 0.356. The van der Waals surface area contributed by atoms with Gasteiger partial charge in [0.15, 0.2) is 5.11 Å². The second kappa shape index (κ2) is 7.13. The third kappa shape index (κ3) is 6.13. The van der Waals surface area contributed by atoms with Crippen LogP contribution in [0, 0.1) is 0 Å². The molecular weight excluding hydrogens is 190 g/mol. The van der Waals surface area contributed by atoms with Crippen molar-refractivity contribution in [1.82, 2.24) is 10.7 Å². The van der Waals surface area contributed by atoms with Crippen molar-refractivity contribution < 1.29 is 0 Å². The van der Waals surface area contributed by atoms with E-state index in [1.54, 1.807) is 0 Å². The number of halogens is 1. The maximum absolute atomic E-state index is 4.90. The van der Waals surface area contributed by atoms with Crippen molar-refractivity contribution >= 4 is 34.3 Å². The fraction of sp³-hybridized carbons (Fsp3) is 0.667. The van der Waals surface area contributed by atoms with Gasteiger partial charge in [-0.05, 0) is 19.1 Å². The fourth-order valence-electron chi connectivity index (χ4n) is 0.212. The number of nitrogens with two attached hydrogens (primary N) is 1. The van der Waals surface area contributed by atoms with E-state index in [-0.39, 0.29) is 17.0 Å². The van der Waals surface area contributed by atoms with Crippen molar-refractivity contribution in [2.75, 3.05) is 6.54 Å². The molecule has 0 unspecified atom stereocenters. The van der Waals surface area contributed by atoms with Crippen LogP contribution in [0.5, 0.6) is 0 Å². The molecular formula is C3H10BrN3S. The summed E-state index contributed by atoms with van der Waals surface area (Å²) in [5.74, 6) is 4.90. The van der Waals surface area contributed by atoms with Gasteiger partial charge in [-0.3, -0.25) is 0 Å². The Morgan fingerprint density at radius 2 is 2.25 bits per heavy atom. The van der Waals surface area contributed by atoms with Gasteiger partial charge < -0.3 is 10.7 Å². The van der Waals surface area contributed by atoms with Crippen LogP contribution in [-0.2, 0) is 0 Å². The zero-order chi connectivity index (χ0) is 5.70. The van der Waals surface area contributed by atoms with Crippen molar-refractivity contribution in [3.05, 3.63) is 0 Å². The van der Waals surface area contributed by atoms with Gasteiger partial charge in [0.25, 0.3) is 0 Å². The molecule has 0 aromatic carbocycles. The minimum atomic E-state index is 0. The van der Waals surface area contributed by atoms with Crippen LogP contribution in [0.1, 0.15) is 6.92 Å². The molecule has 0 rings (SSSR count). The van der Waals surface area contributed by atoms with Crippen LogP contribution >= 0.6 is 29.2 Å². The summed E-state index contributed by atoms with van der Waals surface area (Å²) in [6, 6.07) is 0. The van der Waals surface area contributed by atoms with Crippen molar-refractivity contribution in [3.63, 3.8) is 0 Å². The summed E-state index contributed by atoms with van der Waals surface area (Å²) in [5, 5.41) is 3.28. The molecule has 0 radical (unpaired) electrons. The average Bonchev–Trinajstić information content (AvgIpc) is 1.68. The Labute approximate surface area is 64.8 Å². The summed E-state index contributed by atoms with van der Waals surface area (Å²) in [6.45, 7) is 2.76. The van der Waals surface area contributed by atoms with Crippen LogP contribution < -0.4 is 16.6 Å². The molecule has 0 aliphatic rings.